The van der Waals surface area contributed by atoms with Crippen LogP contribution in [0.4, 0.5) is 0 Å². The second-order valence-electron chi connectivity index (χ2n) is 7.91. The Bertz CT molecular complexity index is 1160. The number of nitrogens with zero attached hydrogens (tertiary/aromatic N) is 4. The maximum atomic E-state index is 13.1. The fourth-order valence-corrected chi connectivity index (χ4v) is 4.32. The number of benzene rings is 1. The highest BCUT2D eigenvalue weighted by Crippen LogP contribution is 2.27. The fourth-order valence-electron chi connectivity index (χ4n) is 4.32. The van der Waals surface area contributed by atoms with Gasteiger partial charge in [-0.15, -0.1) is 0 Å². The van der Waals surface area contributed by atoms with Crippen molar-refractivity contribution in [1.82, 2.24) is 19.4 Å². The van der Waals surface area contributed by atoms with Gasteiger partial charge in [0.2, 0.25) is 0 Å². The van der Waals surface area contributed by atoms with Crippen molar-refractivity contribution in [3.63, 3.8) is 0 Å². The molecule has 0 bridgehead atoms. The number of pyridine rings is 1. The molecular formula is C23H22N4O. The zero-order chi connectivity index (χ0) is 19.1. The second-order valence-corrected chi connectivity index (χ2v) is 7.91. The van der Waals surface area contributed by atoms with Crippen LogP contribution in [0.1, 0.15) is 36.8 Å². The number of fused-ring (bicyclic) bond motifs is 3. The molecule has 1 saturated heterocycles. The molecule has 0 spiro atoms. The highest BCUT2D eigenvalue weighted by Gasteiger charge is 2.32. The minimum atomic E-state index is 0.0718. The van der Waals surface area contributed by atoms with Crippen LogP contribution in [0.25, 0.3) is 10.9 Å². The van der Waals surface area contributed by atoms with Crippen molar-refractivity contribution in [2.75, 3.05) is 6.54 Å². The highest BCUT2D eigenvalue weighted by atomic mass is 16.1. The van der Waals surface area contributed by atoms with Gasteiger partial charge in [-0.1, -0.05) is 18.9 Å². The van der Waals surface area contributed by atoms with Gasteiger partial charge >= 0.3 is 0 Å². The van der Waals surface area contributed by atoms with Crippen molar-refractivity contribution < 1.29 is 0 Å². The monoisotopic (exact) mass is 370 g/mol. The van der Waals surface area contributed by atoms with E-state index in [0.717, 1.165) is 48.7 Å². The van der Waals surface area contributed by atoms with Crippen molar-refractivity contribution >= 4 is 10.9 Å². The molecule has 0 amide bonds. The Kier molecular flexibility index (Phi) is 4.22. The Balaban J connectivity index is 1.53. The number of piperidine rings is 1. The summed E-state index contributed by atoms with van der Waals surface area (Å²) in [6, 6.07) is 11.8. The smallest absolute Gasteiger partial charge is 0.261 e. The lowest BCUT2D eigenvalue weighted by Gasteiger charge is -2.42. The van der Waals surface area contributed by atoms with Crippen molar-refractivity contribution in [3.8, 4) is 11.8 Å². The lowest BCUT2D eigenvalue weighted by atomic mass is 9.93. The van der Waals surface area contributed by atoms with E-state index < -0.39 is 0 Å². The number of hydrogen-bond donors (Lipinski definition) is 0. The van der Waals surface area contributed by atoms with Crippen molar-refractivity contribution in [3.05, 3.63) is 70.0 Å². The Morgan fingerprint density at radius 3 is 2.89 bits per heavy atom. The van der Waals surface area contributed by atoms with Crippen LogP contribution in [0.5, 0.6) is 0 Å². The van der Waals surface area contributed by atoms with Gasteiger partial charge in [-0.2, -0.15) is 0 Å². The first kappa shape index (κ1) is 17.2. The third kappa shape index (κ3) is 3.10. The normalized spacial score (nSPS) is 21.5. The van der Waals surface area contributed by atoms with Gasteiger partial charge in [0, 0.05) is 30.9 Å². The minimum Gasteiger partial charge on any atom is -0.293 e. The molecule has 2 aromatic heterocycles. The molecule has 3 aromatic rings. The van der Waals surface area contributed by atoms with Crippen LogP contribution in [-0.2, 0) is 13.1 Å². The summed E-state index contributed by atoms with van der Waals surface area (Å²) in [7, 11) is 0. The van der Waals surface area contributed by atoms with E-state index in [-0.39, 0.29) is 5.56 Å². The maximum absolute atomic E-state index is 13.1. The summed E-state index contributed by atoms with van der Waals surface area (Å²) in [5, 5.41) is 0.671. The molecule has 1 aromatic carbocycles. The average Bonchev–Trinajstić information content (AvgIpc) is 2.72. The molecule has 1 fully saturated rings. The number of rotatable bonds is 0. The van der Waals surface area contributed by atoms with Crippen LogP contribution < -0.4 is 5.56 Å². The topological polar surface area (TPSA) is 51.0 Å². The Hall–Kier alpha value is -2.97. The summed E-state index contributed by atoms with van der Waals surface area (Å²) in [5.74, 6) is 7.78. The number of hydrogen-bond acceptors (Lipinski definition) is 4. The molecule has 28 heavy (non-hydrogen) atoms. The zero-order valence-electron chi connectivity index (χ0n) is 15.9. The lowest BCUT2D eigenvalue weighted by Crippen LogP contribution is -2.50. The molecule has 0 aliphatic carbocycles. The third-order valence-corrected chi connectivity index (χ3v) is 5.83. The van der Waals surface area contributed by atoms with Crippen LogP contribution in [0, 0.1) is 17.8 Å². The van der Waals surface area contributed by atoms with E-state index in [1.165, 1.54) is 6.42 Å². The van der Waals surface area contributed by atoms with Crippen molar-refractivity contribution in [2.45, 2.75) is 38.9 Å². The van der Waals surface area contributed by atoms with Gasteiger partial charge in [0.1, 0.15) is 11.5 Å². The number of aromatic nitrogens is 3. The molecule has 2 unspecified atom stereocenters. The van der Waals surface area contributed by atoms with E-state index >= 15 is 0 Å². The van der Waals surface area contributed by atoms with E-state index in [1.807, 2.05) is 41.0 Å². The molecule has 2 aliphatic heterocycles. The van der Waals surface area contributed by atoms with Crippen molar-refractivity contribution in [1.29, 1.82) is 0 Å². The molecule has 5 nitrogen and oxygen atoms in total. The minimum absolute atomic E-state index is 0.0718. The van der Waals surface area contributed by atoms with Crippen LogP contribution in [0.3, 0.4) is 0 Å². The third-order valence-electron chi connectivity index (χ3n) is 5.83. The van der Waals surface area contributed by atoms with Gasteiger partial charge in [0.15, 0.2) is 0 Å². The lowest BCUT2D eigenvalue weighted by molar-refractivity contribution is 0.0687. The van der Waals surface area contributed by atoms with Crippen LogP contribution >= 0.6 is 0 Å². The molecule has 0 N–H and O–H groups in total. The molecule has 2 atom stereocenters. The highest BCUT2D eigenvalue weighted by molar-refractivity contribution is 5.79. The van der Waals surface area contributed by atoms with Gasteiger partial charge in [0.25, 0.3) is 5.56 Å². The standard InChI is InChI=1S/C23H22N4O/c1-16-5-9-19-14-27-22(15-26(19)13-16)25-21-12-17(7-10-20(21)23(27)28)6-8-18-4-2-3-11-24-18/h2-4,7,10-12,16,19H,5,9,13-15H2,1H3. The first-order valence-corrected chi connectivity index (χ1v) is 9.88. The molecule has 0 radical (unpaired) electrons. The summed E-state index contributed by atoms with van der Waals surface area (Å²) in [6.07, 6.45) is 4.13. The van der Waals surface area contributed by atoms with E-state index in [0.29, 0.717) is 17.3 Å². The summed E-state index contributed by atoms with van der Waals surface area (Å²) in [6.45, 7) is 4.90. The quantitative estimate of drug-likeness (QED) is 0.571. The van der Waals surface area contributed by atoms with E-state index in [4.69, 9.17) is 4.98 Å². The van der Waals surface area contributed by atoms with Gasteiger partial charge in [-0.25, -0.2) is 9.97 Å². The van der Waals surface area contributed by atoms with Gasteiger partial charge in [-0.05, 0) is 55.0 Å². The summed E-state index contributed by atoms with van der Waals surface area (Å²) in [4.78, 5) is 24.6. The van der Waals surface area contributed by atoms with Crippen molar-refractivity contribution in [2.24, 2.45) is 5.92 Å². The molecule has 2 aliphatic rings. The summed E-state index contributed by atoms with van der Waals surface area (Å²) in [5.41, 5.74) is 2.37. The van der Waals surface area contributed by atoms with Crippen LogP contribution in [0.15, 0.2) is 47.4 Å². The first-order chi connectivity index (χ1) is 13.7. The molecule has 4 heterocycles. The van der Waals surface area contributed by atoms with Gasteiger partial charge in [0.05, 0.1) is 17.4 Å². The maximum Gasteiger partial charge on any atom is 0.261 e. The molecule has 0 saturated carbocycles. The van der Waals surface area contributed by atoms with E-state index in [2.05, 4.69) is 28.6 Å². The average molecular weight is 370 g/mol. The first-order valence-electron chi connectivity index (χ1n) is 9.88. The van der Waals surface area contributed by atoms with Crippen LogP contribution in [-0.4, -0.2) is 32.0 Å². The molecule has 5 rings (SSSR count). The van der Waals surface area contributed by atoms with Gasteiger partial charge in [-0.3, -0.25) is 14.3 Å². The molecule has 5 heteroatoms. The molecule has 140 valence electrons. The summed E-state index contributed by atoms with van der Waals surface area (Å²) < 4.78 is 1.89. The largest absolute Gasteiger partial charge is 0.293 e. The Morgan fingerprint density at radius 2 is 2.04 bits per heavy atom. The summed E-state index contributed by atoms with van der Waals surface area (Å²) >= 11 is 0. The van der Waals surface area contributed by atoms with E-state index in [1.54, 1.807) is 6.20 Å². The second kappa shape index (κ2) is 6.88. The van der Waals surface area contributed by atoms with Crippen LogP contribution in [0.2, 0.25) is 0 Å². The SMILES string of the molecule is CC1CCC2Cn3c(nc4cc(C#Cc5ccccn5)ccc4c3=O)CN2C1. The Labute approximate surface area is 164 Å². The predicted octanol–water partition coefficient (Wildman–Crippen LogP) is 2.81. The van der Waals surface area contributed by atoms with E-state index in [9.17, 15) is 4.79 Å². The fraction of sp³-hybridized carbons (Fsp3) is 0.348. The predicted molar refractivity (Wildman–Crippen MR) is 109 cm³/mol. The van der Waals surface area contributed by atoms with Gasteiger partial charge < -0.3 is 0 Å². The zero-order valence-corrected chi connectivity index (χ0v) is 15.9. The molecular weight excluding hydrogens is 348 g/mol. The Morgan fingerprint density at radius 1 is 1.11 bits per heavy atom.